The number of anilines is 1. The number of rotatable bonds is 2. The van der Waals surface area contributed by atoms with Crippen molar-refractivity contribution in [3.05, 3.63) is 29.1 Å². The van der Waals surface area contributed by atoms with E-state index in [9.17, 15) is 0 Å². The minimum absolute atomic E-state index is 0.360. The number of aryl methyl sites for hydroxylation is 1. The summed E-state index contributed by atoms with van der Waals surface area (Å²) in [5, 5.41) is 3.73. The van der Waals surface area contributed by atoms with Crippen molar-refractivity contribution < 1.29 is 0 Å². The fourth-order valence-electron chi connectivity index (χ4n) is 2.37. The van der Waals surface area contributed by atoms with Crippen LogP contribution in [0.4, 0.5) is 5.69 Å². The van der Waals surface area contributed by atoms with Gasteiger partial charge in [0.05, 0.1) is 0 Å². The molecule has 1 aromatic carbocycles. The second-order valence-corrected chi connectivity index (χ2v) is 5.34. The highest BCUT2D eigenvalue weighted by Gasteiger charge is 2.25. The second-order valence-electron chi connectivity index (χ2n) is 4.43. The number of nitrogens with zero attached hydrogens (tertiary/aromatic N) is 1. The van der Waals surface area contributed by atoms with Gasteiger partial charge in [-0.25, -0.2) is 0 Å². The summed E-state index contributed by atoms with van der Waals surface area (Å²) in [6, 6.07) is 6.94. The molecule has 3 rings (SSSR count). The predicted molar refractivity (Wildman–Crippen MR) is 71.4 cm³/mol. The zero-order chi connectivity index (χ0) is 11.1. The first-order valence-corrected chi connectivity index (χ1v) is 6.67. The highest BCUT2D eigenvalue weighted by Crippen LogP contribution is 2.36. The smallest absolute Gasteiger partial charge is 0.0458 e. The van der Waals surface area contributed by atoms with E-state index in [4.69, 9.17) is 5.73 Å². The van der Waals surface area contributed by atoms with Gasteiger partial charge in [-0.1, -0.05) is 13.0 Å². The minimum atomic E-state index is 0.360. The first-order chi connectivity index (χ1) is 7.79. The first kappa shape index (κ1) is 10.1. The SMILES string of the molecule is CCc1csc2cccc(N3CC(N)C3)c12. The van der Waals surface area contributed by atoms with Crippen molar-refractivity contribution in [1.29, 1.82) is 0 Å². The van der Waals surface area contributed by atoms with Crippen LogP contribution in [0.25, 0.3) is 10.1 Å². The van der Waals surface area contributed by atoms with Crippen LogP contribution in [0.15, 0.2) is 23.6 Å². The largest absolute Gasteiger partial charge is 0.368 e. The van der Waals surface area contributed by atoms with Gasteiger partial charge >= 0.3 is 0 Å². The van der Waals surface area contributed by atoms with Gasteiger partial charge in [0.2, 0.25) is 0 Å². The number of benzene rings is 1. The number of hydrogen-bond donors (Lipinski definition) is 1. The first-order valence-electron chi connectivity index (χ1n) is 5.79. The molecule has 84 valence electrons. The molecule has 0 spiro atoms. The molecular formula is C13H16N2S. The van der Waals surface area contributed by atoms with Crippen LogP contribution in [0.3, 0.4) is 0 Å². The third kappa shape index (κ3) is 1.43. The third-order valence-electron chi connectivity index (χ3n) is 3.28. The minimum Gasteiger partial charge on any atom is -0.368 e. The molecule has 0 radical (unpaired) electrons. The Hall–Kier alpha value is -1.06. The third-order valence-corrected chi connectivity index (χ3v) is 4.28. The van der Waals surface area contributed by atoms with Crippen LogP contribution in [-0.4, -0.2) is 19.1 Å². The predicted octanol–water partition coefficient (Wildman–Crippen LogP) is 2.61. The molecule has 0 bridgehead atoms. The molecule has 3 heteroatoms. The van der Waals surface area contributed by atoms with Gasteiger partial charge < -0.3 is 10.6 Å². The molecule has 1 saturated heterocycles. The molecule has 1 aromatic heterocycles. The van der Waals surface area contributed by atoms with Gasteiger partial charge in [0.25, 0.3) is 0 Å². The summed E-state index contributed by atoms with van der Waals surface area (Å²) in [5.74, 6) is 0. The van der Waals surface area contributed by atoms with E-state index in [1.807, 2.05) is 11.3 Å². The fourth-order valence-corrected chi connectivity index (χ4v) is 3.43. The van der Waals surface area contributed by atoms with Crippen molar-refractivity contribution in [2.24, 2.45) is 5.73 Å². The van der Waals surface area contributed by atoms with Gasteiger partial charge in [-0.15, -0.1) is 11.3 Å². The van der Waals surface area contributed by atoms with Crippen molar-refractivity contribution in [2.45, 2.75) is 19.4 Å². The van der Waals surface area contributed by atoms with E-state index in [0.717, 1.165) is 19.5 Å². The standard InChI is InChI=1S/C13H16N2S/c1-2-9-8-16-12-5-3-4-11(13(9)12)15-6-10(14)7-15/h3-5,8,10H,2,6-7,14H2,1H3. The Morgan fingerprint density at radius 3 is 2.94 bits per heavy atom. The Balaban J connectivity index is 2.12. The number of fused-ring (bicyclic) bond motifs is 1. The van der Waals surface area contributed by atoms with Crippen LogP contribution in [0.2, 0.25) is 0 Å². The van der Waals surface area contributed by atoms with Crippen LogP contribution in [0.1, 0.15) is 12.5 Å². The van der Waals surface area contributed by atoms with Crippen molar-refractivity contribution in [3.8, 4) is 0 Å². The zero-order valence-corrected chi connectivity index (χ0v) is 10.3. The van der Waals surface area contributed by atoms with Crippen LogP contribution in [-0.2, 0) is 6.42 Å². The van der Waals surface area contributed by atoms with E-state index < -0.39 is 0 Å². The Morgan fingerprint density at radius 2 is 2.25 bits per heavy atom. The lowest BCUT2D eigenvalue weighted by Gasteiger charge is -2.39. The Morgan fingerprint density at radius 1 is 1.44 bits per heavy atom. The van der Waals surface area contributed by atoms with Gasteiger partial charge in [0, 0.05) is 34.9 Å². The van der Waals surface area contributed by atoms with Gasteiger partial charge in [0.1, 0.15) is 0 Å². The highest BCUT2D eigenvalue weighted by molar-refractivity contribution is 7.17. The molecule has 1 aliphatic rings. The monoisotopic (exact) mass is 232 g/mol. The molecule has 1 fully saturated rings. The summed E-state index contributed by atoms with van der Waals surface area (Å²) in [7, 11) is 0. The lowest BCUT2D eigenvalue weighted by atomic mass is 10.0. The zero-order valence-electron chi connectivity index (χ0n) is 9.44. The van der Waals surface area contributed by atoms with Crippen molar-refractivity contribution >= 4 is 27.1 Å². The molecule has 2 nitrogen and oxygen atoms in total. The van der Waals surface area contributed by atoms with E-state index in [1.54, 1.807) is 0 Å². The normalized spacial score (nSPS) is 16.8. The molecular weight excluding hydrogens is 216 g/mol. The lowest BCUT2D eigenvalue weighted by Crippen LogP contribution is -2.55. The van der Waals surface area contributed by atoms with E-state index in [-0.39, 0.29) is 0 Å². The summed E-state index contributed by atoms with van der Waals surface area (Å²) < 4.78 is 1.40. The number of nitrogens with two attached hydrogens (primary N) is 1. The molecule has 2 N–H and O–H groups in total. The Labute approximate surface area is 99.7 Å². The number of thiophene rings is 1. The Kier molecular flexibility index (Phi) is 2.37. The van der Waals surface area contributed by atoms with Crippen molar-refractivity contribution in [3.63, 3.8) is 0 Å². The molecule has 0 unspecified atom stereocenters. The quantitative estimate of drug-likeness (QED) is 0.862. The van der Waals surface area contributed by atoms with Gasteiger partial charge in [0.15, 0.2) is 0 Å². The molecule has 0 amide bonds. The van der Waals surface area contributed by atoms with E-state index in [0.29, 0.717) is 6.04 Å². The van der Waals surface area contributed by atoms with Crippen molar-refractivity contribution in [2.75, 3.05) is 18.0 Å². The van der Waals surface area contributed by atoms with E-state index in [2.05, 4.69) is 35.4 Å². The van der Waals surface area contributed by atoms with Crippen LogP contribution in [0.5, 0.6) is 0 Å². The fraction of sp³-hybridized carbons (Fsp3) is 0.385. The summed E-state index contributed by atoms with van der Waals surface area (Å²) >= 11 is 1.85. The molecule has 0 saturated carbocycles. The lowest BCUT2D eigenvalue weighted by molar-refractivity contribution is 0.521. The van der Waals surface area contributed by atoms with Crippen LogP contribution in [0, 0.1) is 0 Å². The maximum Gasteiger partial charge on any atom is 0.0458 e. The van der Waals surface area contributed by atoms with Gasteiger partial charge in [-0.05, 0) is 29.5 Å². The van der Waals surface area contributed by atoms with Crippen molar-refractivity contribution in [1.82, 2.24) is 0 Å². The summed E-state index contributed by atoms with van der Waals surface area (Å²) in [6.07, 6.45) is 1.11. The highest BCUT2D eigenvalue weighted by atomic mass is 32.1. The molecule has 2 heterocycles. The van der Waals surface area contributed by atoms with E-state index >= 15 is 0 Å². The second kappa shape index (κ2) is 3.75. The van der Waals surface area contributed by atoms with Gasteiger partial charge in [-0.3, -0.25) is 0 Å². The maximum absolute atomic E-state index is 5.86. The average molecular weight is 232 g/mol. The van der Waals surface area contributed by atoms with Crippen LogP contribution < -0.4 is 10.6 Å². The number of hydrogen-bond acceptors (Lipinski definition) is 3. The average Bonchev–Trinajstić information content (AvgIpc) is 2.67. The Bertz CT molecular complexity index is 512. The summed E-state index contributed by atoms with van der Waals surface area (Å²) in [6.45, 7) is 4.22. The molecule has 16 heavy (non-hydrogen) atoms. The summed E-state index contributed by atoms with van der Waals surface area (Å²) in [4.78, 5) is 2.39. The van der Waals surface area contributed by atoms with Crippen LogP contribution >= 0.6 is 11.3 Å². The maximum atomic E-state index is 5.86. The van der Waals surface area contributed by atoms with Gasteiger partial charge in [-0.2, -0.15) is 0 Å². The summed E-state index contributed by atoms with van der Waals surface area (Å²) in [5.41, 5.74) is 8.70. The molecule has 0 aliphatic carbocycles. The molecule has 2 aromatic rings. The molecule has 1 aliphatic heterocycles. The topological polar surface area (TPSA) is 29.3 Å². The van der Waals surface area contributed by atoms with E-state index in [1.165, 1.54) is 21.3 Å². The molecule has 0 atom stereocenters.